The highest BCUT2D eigenvalue weighted by molar-refractivity contribution is 8.22. The molecule has 0 bridgehead atoms. The fraction of sp³-hybridized carbons (Fsp3) is 0.529. The fourth-order valence-electron chi connectivity index (χ4n) is 2.44. The number of rotatable bonds is 4. The van der Waals surface area contributed by atoms with Crippen LogP contribution in [-0.4, -0.2) is 34.0 Å². The van der Waals surface area contributed by atoms with Gasteiger partial charge in [0.05, 0.1) is 0 Å². The van der Waals surface area contributed by atoms with Gasteiger partial charge >= 0.3 is 0 Å². The van der Waals surface area contributed by atoms with E-state index in [0.29, 0.717) is 6.42 Å². The maximum absolute atomic E-state index is 12.0. The van der Waals surface area contributed by atoms with Crippen molar-refractivity contribution in [2.24, 2.45) is 5.92 Å². The number of para-hydroxylation sites is 1. The van der Waals surface area contributed by atoms with Gasteiger partial charge in [0.15, 0.2) is 0 Å². The second-order valence-corrected chi connectivity index (χ2v) is 7.63. The Labute approximate surface area is 142 Å². The summed E-state index contributed by atoms with van der Waals surface area (Å²) in [6.45, 7) is 6.41. The van der Waals surface area contributed by atoms with Crippen LogP contribution in [0.2, 0.25) is 0 Å². The van der Waals surface area contributed by atoms with Crippen molar-refractivity contribution in [1.29, 1.82) is 0 Å². The molecule has 0 saturated carbocycles. The normalized spacial score (nSPS) is 15.6. The molecule has 1 heterocycles. The zero-order chi connectivity index (χ0) is 15.9. The first-order valence-corrected chi connectivity index (χ1v) is 9.23. The van der Waals surface area contributed by atoms with Crippen LogP contribution in [0.5, 0.6) is 0 Å². The third-order valence-electron chi connectivity index (χ3n) is 4.02. The highest BCUT2D eigenvalue weighted by atomic mass is 32.2. The van der Waals surface area contributed by atoms with Crippen LogP contribution in [-0.2, 0) is 4.79 Å². The molecule has 120 valence electrons. The molecule has 0 unspecified atom stereocenters. The Morgan fingerprint density at radius 3 is 2.73 bits per heavy atom. The summed E-state index contributed by atoms with van der Waals surface area (Å²) in [5.41, 5.74) is 1.98. The first-order chi connectivity index (χ1) is 10.6. The summed E-state index contributed by atoms with van der Waals surface area (Å²) in [7, 11) is 0. The summed E-state index contributed by atoms with van der Waals surface area (Å²) in [5, 5.41) is 2.96. The monoisotopic (exact) mass is 336 g/mol. The van der Waals surface area contributed by atoms with Crippen LogP contribution in [0.1, 0.15) is 31.7 Å². The summed E-state index contributed by atoms with van der Waals surface area (Å²) < 4.78 is 0.940. The zero-order valence-corrected chi connectivity index (χ0v) is 14.9. The average Bonchev–Trinajstić information content (AvgIpc) is 2.50. The van der Waals surface area contributed by atoms with Gasteiger partial charge in [-0.25, -0.2) is 0 Å². The number of aryl methyl sites for hydroxylation is 1. The number of carbonyl (C=O) groups is 1. The van der Waals surface area contributed by atoms with Gasteiger partial charge in [0.1, 0.15) is 4.32 Å². The summed E-state index contributed by atoms with van der Waals surface area (Å²) in [5.74, 6) is 1.60. The minimum atomic E-state index is 0.0527. The molecule has 1 N–H and O–H groups in total. The number of benzene rings is 1. The maximum Gasteiger partial charge on any atom is 0.225 e. The van der Waals surface area contributed by atoms with Crippen molar-refractivity contribution in [1.82, 2.24) is 4.90 Å². The smallest absolute Gasteiger partial charge is 0.225 e. The third kappa shape index (κ3) is 5.29. The molecular formula is C17H24N2OS2. The van der Waals surface area contributed by atoms with E-state index >= 15 is 0 Å². The van der Waals surface area contributed by atoms with Crippen LogP contribution in [0.3, 0.4) is 0 Å². The standard InChI is InChI=1S/C17H24N2OS2/c1-13-7-10-19(11-8-13)17(21)22-12-9-16(20)18-15-6-4-3-5-14(15)2/h3-6,13H,7-12H2,1-2H3,(H,18,20). The molecule has 0 spiro atoms. The molecule has 1 aromatic rings. The molecule has 1 fully saturated rings. The summed E-state index contributed by atoms with van der Waals surface area (Å²) in [6.07, 6.45) is 2.92. The predicted octanol–water partition coefficient (Wildman–Crippen LogP) is 4.07. The van der Waals surface area contributed by atoms with Crippen molar-refractivity contribution in [2.45, 2.75) is 33.1 Å². The van der Waals surface area contributed by atoms with E-state index < -0.39 is 0 Å². The molecular weight excluding hydrogens is 312 g/mol. The van der Waals surface area contributed by atoms with Crippen LogP contribution in [0.4, 0.5) is 5.69 Å². The molecule has 2 rings (SSSR count). The molecule has 5 heteroatoms. The number of amides is 1. The van der Waals surface area contributed by atoms with E-state index in [1.807, 2.05) is 31.2 Å². The largest absolute Gasteiger partial charge is 0.358 e. The lowest BCUT2D eigenvalue weighted by Crippen LogP contribution is -2.35. The Kier molecular flexibility index (Phi) is 6.70. The van der Waals surface area contributed by atoms with Gasteiger partial charge in [-0.3, -0.25) is 4.79 Å². The van der Waals surface area contributed by atoms with Gasteiger partial charge in [0.25, 0.3) is 0 Å². The van der Waals surface area contributed by atoms with Gasteiger partial charge in [0, 0.05) is 31.0 Å². The minimum Gasteiger partial charge on any atom is -0.358 e. The van der Waals surface area contributed by atoms with Crippen LogP contribution in [0, 0.1) is 12.8 Å². The number of hydrogen-bond acceptors (Lipinski definition) is 3. The van der Waals surface area contributed by atoms with Gasteiger partial charge in [-0.15, -0.1) is 0 Å². The molecule has 22 heavy (non-hydrogen) atoms. The van der Waals surface area contributed by atoms with Gasteiger partial charge in [0.2, 0.25) is 5.91 Å². The minimum absolute atomic E-state index is 0.0527. The van der Waals surface area contributed by atoms with E-state index in [2.05, 4.69) is 17.1 Å². The van der Waals surface area contributed by atoms with Gasteiger partial charge < -0.3 is 10.2 Å². The number of thiocarbonyl (C=S) groups is 1. The molecule has 1 saturated heterocycles. The zero-order valence-electron chi connectivity index (χ0n) is 13.3. The van der Waals surface area contributed by atoms with Crippen molar-refractivity contribution in [3.05, 3.63) is 29.8 Å². The predicted molar refractivity (Wildman–Crippen MR) is 99.5 cm³/mol. The van der Waals surface area contributed by atoms with E-state index in [-0.39, 0.29) is 5.91 Å². The first-order valence-electron chi connectivity index (χ1n) is 7.83. The van der Waals surface area contributed by atoms with Crippen molar-refractivity contribution < 1.29 is 4.79 Å². The Hall–Kier alpha value is -1.07. The Morgan fingerprint density at radius 1 is 1.36 bits per heavy atom. The second kappa shape index (κ2) is 8.53. The van der Waals surface area contributed by atoms with Crippen molar-refractivity contribution in [3.63, 3.8) is 0 Å². The molecule has 0 aliphatic carbocycles. The molecule has 0 aromatic heterocycles. The highest BCUT2D eigenvalue weighted by Crippen LogP contribution is 2.21. The molecule has 1 aliphatic heterocycles. The Bertz CT molecular complexity index is 525. The van der Waals surface area contributed by atoms with Gasteiger partial charge in [-0.1, -0.05) is 49.1 Å². The second-order valence-electron chi connectivity index (χ2n) is 5.90. The summed E-state index contributed by atoms with van der Waals surface area (Å²) in [4.78, 5) is 14.3. The Morgan fingerprint density at radius 2 is 2.05 bits per heavy atom. The number of likely N-dealkylation sites (tertiary alicyclic amines) is 1. The average molecular weight is 337 g/mol. The number of piperidine rings is 1. The van der Waals surface area contributed by atoms with Gasteiger partial charge in [-0.2, -0.15) is 0 Å². The van der Waals surface area contributed by atoms with Crippen LogP contribution in [0.15, 0.2) is 24.3 Å². The van der Waals surface area contributed by atoms with Crippen molar-refractivity contribution in [3.8, 4) is 0 Å². The van der Waals surface area contributed by atoms with E-state index in [0.717, 1.165) is 40.3 Å². The fourth-order valence-corrected chi connectivity index (χ4v) is 3.70. The summed E-state index contributed by atoms with van der Waals surface area (Å²) in [6, 6.07) is 7.83. The highest BCUT2D eigenvalue weighted by Gasteiger charge is 2.18. The van der Waals surface area contributed by atoms with E-state index in [9.17, 15) is 4.79 Å². The first kappa shape index (κ1) is 17.3. The van der Waals surface area contributed by atoms with Crippen LogP contribution in [0.25, 0.3) is 0 Å². The van der Waals surface area contributed by atoms with Crippen molar-refractivity contribution >= 4 is 39.9 Å². The number of thioether (sulfide) groups is 1. The summed E-state index contributed by atoms with van der Waals surface area (Å²) >= 11 is 7.10. The molecule has 3 nitrogen and oxygen atoms in total. The molecule has 1 aromatic carbocycles. The molecule has 0 atom stereocenters. The van der Waals surface area contributed by atoms with Crippen molar-refractivity contribution in [2.75, 3.05) is 24.2 Å². The molecule has 0 radical (unpaired) electrons. The number of nitrogens with one attached hydrogen (secondary N) is 1. The number of hydrogen-bond donors (Lipinski definition) is 1. The third-order valence-corrected chi connectivity index (χ3v) is 5.54. The number of carbonyl (C=O) groups excluding carboxylic acids is 1. The van der Waals surface area contributed by atoms with E-state index in [4.69, 9.17) is 12.2 Å². The van der Waals surface area contributed by atoms with Crippen LogP contribution < -0.4 is 5.32 Å². The quantitative estimate of drug-likeness (QED) is 0.840. The lowest BCUT2D eigenvalue weighted by atomic mass is 10.00. The Balaban J connectivity index is 1.69. The lowest BCUT2D eigenvalue weighted by molar-refractivity contribution is -0.115. The maximum atomic E-state index is 12.0. The SMILES string of the molecule is Cc1ccccc1NC(=O)CCSC(=S)N1CCC(C)CC1. The topological polar surface area (TPSA) is 32.3 Å². The van der Waals surface area contributed by atoms with Gasteiger partial charge in [-0.05, 0) is 37.3 Å². The number of anilines is 1. The van der Waals surface area contributed by atoms with E-state index in [1.54, 1.807) is 11.8 Å². The van der Waals surface area contributed by atoms with E-state index in [1.165, 1.54) is 12.8 Å². The number of nitrogens with zero attached hydrogens (tertiary/aromatic N) is 1. The van der Waals surface area contributed by atoms with Crippen LogP contribution >= 0.6 is 24.0 Å². The molecule has 1 aliphatic rings. The lowest BCUT2D eigenvalue weighted by Gasteiger charge is -2.31. The molecule has 1 amide bonds.